The third-order valence-electron chi connectivity index (χ3n) is 3.59. The van der Waals surface area contributed by atoms with Gasteiger partial charge in [-0.15, -0.1) is 0 Å². The Hall–Kier alpha value is -0.740. The molecule has 2 atom stereocenters. The Morgan fingerprint density at radius 2 is 2.26 bits per heavy atom. The third kappa shape index (κ3) is 3.86. The minimum Gasteiger partial charge on any atom is -0.389 e. The fourth-order valence-electron chi connectivity index (χ4n) is 2.67. The summed E-state index contributed by atoms with van der Waals surface area (Å²) < 4.78 is 0. The first-order valence-electron chi connectivity index (χ1n) is 6.88. The van der Waals surface area contributed by atoms with Crippen molar-refractivity contribution < 1.29 is 0 Å². The van der Waals surface area contributed by atoms with Crippen LogP contribution >= 0.6 is 24.0 Å². The Labute approximate surface area is 125 Å². The second kappa shape index (κ2) is 6.62. The summed E-state index contributed by atoms with van der Waals surface area (Å²) in [5, 5.41) is 4.45. The fourth-order valence-corrected chi connectivity index (χ4v) is 3.99. The number of hydrogen-bond donors (Lipinski definition) is 2. The number of thiocarbonyl (C=S) groups is 1. The van der Waals surface area contributed by atoms with E-state index in [1.165, 1.54) is 30.6 Å². The predicted octanol–water partition coefficient (Wildman–Crippen LogP) is 3.72. The zero-order chi connectivity index (χ0) is 13.8. The number of nitrogens with one attached hydrogen (secondary N) is 1. The monoisotopic (exact) mass is 294 g/mol. The number of hydrogen-bond acceptors (Lipinski definition) is 3. The van der Waals surface area contributed by atoms with Gasteiger partial charge in [0.05, 0.1) is 0 Å². The van der Waals surface area contributed by atoms with E-state index >= 15 is 0 Å². The van der Waals surface area contributed by atoms with Crippen LogP contribution in [0.1, 0.15) is 37.3 Å². The minimum absolute atomic E-state index is 0.472. The summed E-state index contributed by atoms with van der Waals surface area (Å²) in [5.74, 6) is 1.21. The first kappa shape index (κ1) is 14.7. The van der Waals surface area contributed by atoms with Crippen molar-refractivity contribution in [2.24, 2.45) is 5.73 Å². The summed E-state index contributed by atoms with van der Waals surface area (Å²) in [6.45, 7) is 4.33. The molecule has 0 amide bonds. The van der Waals surface area contributed by atoms with Gasteiger partial charge in [0.25, 0.3) is 0 Å². The van der Waals surface area contributed by atoms with Gasteiger partial charge in [-0.1, -0.05) is 25.2 Å². The molecular weight excluding hydrogens is 272 g/mol. The normalized spacial score (nSPS) is 22.4. The van der Waals surface area contributed by atoms with E-state index in [-0.39, 0.29) is 0 Å². The molecule has 0 bridgehead atoms. The predicted molar refractivity (Wildman–Crippen MR) is 90.2 cm³/mol. The molecular formula is C15H22N2S2. The average molecular weight is 294 g/mol. The summed E-state index contributed by atoms with van der Waals surface area (Å²) >= 11 is 7.21. The molecule has 0 radical (unpaired) electrons. The van der Waals surface area contributed by atoms with Gasteiger partial charge in [-0.3, -0.25) is 0 Å². The maximum absolute atomic E-state index is 5.80. The lowest BCUT2D eigenvalue weighted by molar-refractivity contribution is 0.756. The van der Waals surface area contributed by atoms with Crippen LogP contribution in [-0.2, 0) is 0 Å². The van der Waals surface area contributed by atoms with E-state index in [9.17, 15) is 0 Å². The standard InChI is InChI=1S/C15H22N2S2/c1-3-19-12-6-5-11(9-12)17-14-8-10(2)4-7-13(14)15(16)18/h4,7-8,11-12,17H,3,5-6,9H2,1-2H3,(H2,16,18). The van der Waals surface area contributed by atoms with Gasteiger partial charge in [0.2, 0.25) is 0 Å². The smallest absolute Gasteiger partial charge is 0.106 e. The molecule has 2 rings (SSSR count). The van der Waals surface area contributed by atoms with Crippen molar-refractivity contribution in [2.75, 3.05) is 11.1 Å². The minimum atomic E-state index is 0.472. The molecule has 3 N–H and O–H groups in total. The van der Waals surface area contributed by atoms with E-state index in [0.717, 1.165) is 16.5 Å². The molecule has 1 saturated carbocycles. The number of benzene rings is 1. The van der Waals surface area contributed by atoms with Crippen molar-refractivity contribution in [3.05, 3.63) is 29.3 Å². The second-order valence-corrected chi connectivity index (χ2v) is 7.16. The van der Waals surface area contributed by atoms with Crippen LogP contribution in [0.3, 0.4) is 0 Å². The van der Waals surface area contributed by atoms with E-state index in [1.807, 2.05) is 6.07 Å². The van der Waals surface area contributed by atoms with Gasteiger partial charge < -0.3 is 11.1 Å². The van der Waals surface area contributed by atoms with Gasteiger partial charge in [0.15, 0.2) is 0 Å². The van der Waals surface area contributed by atoms with Gasteiger partial charge in [0, 0.05) is 22.5 Å². The molecule has 2 unspecified atom stereocenters. The summed E-state index contributed by atoms with van der Waals surface area (Å²) in [6, 6.07) is 6.78. The van der Waals surface area contributed by atoms with E-state index < -0.39 is 0 Å². The van der Waals surface area contributed by atoms with Crippen molar-refractivity contribution in [3.63, 3.8) is 0 Å². The van der Waals surface area contributed by atoms with Crippen LogP contribution in [0.25, 0.3) is 0 Å². The van der Waals surface area contributed by atoms with Crippen molar-refractivity contribution in [3.8, 4) is 0 Å². The number of nitrogens with two attached hydrogens (primary N) is 1. The molecule has 4 heteroatoms. The Bertz CT molecular complexity index is 459. The third-order valence-corrected chi connectivity index (χ3v) is 5.04. The SMILES string of the molecule is CCSC1CCC(Nc2cc(C)ccc2C(N)=S)C1. The van der Waals surface area contributed by atoms with Crippen molar-refractivity contribution in [1.82, 2.24) is 0 Å². The zero-order valence-corrected chi connectivity index (χ0v) is 13.2. The van der Waals surface area contributed by atoms with Gasteiger partial charge in [0.1, 0.15) is 4.99 Å². The van der Waals surface area contributed by atoms with Crippen LogP contribution in [0.5, 0.6) is 0 Å². The molecule has 0 aromatic heterocycles. The zero-order valence-electron chi connectivity index (χ0n) is 11.6. The van der Waals surface area contributed by atoms with Gasteiger partial charge in [-0.25, -0.2) is 0 Å². The lowest BCUT2D eigenvalue weighted by Crippen LogP contribution is -2.20. The largest absolute Gasteiger partial charge is 0.389 e. The highest BCUT2D eigenvalue weighted by Gasteiger charge is 2.25. The topological polar surface area (TPSA) is 38.0 Å². The van der Waals surface area contributed by atoms with Gasteiger partial charge in [-0.2, -0.15) is 11.8 Å². The first-order chi connectivity index (χ1) is 9.10. The van der Waals surface area contributed by atoms with Crippen LogP contribution in [0.4, 0.5) is 5.69 Å². The number of anilines is 1. The van der Waals surface area contributed by atoms with Crippen LogP contribution in [0.15, 0.2) is 18.2 Å². The van der Waals surface area contributed by atoms with E-state index in [0.29, 0.717) is 11.0 Å². The average Bonchev–Trinajstić information content (AvgIpc) is 2.77. The number of rotatable bonds is 5. The highest BCUT2D eigenvalue weighted by atomic mass is 32.2. The molecule has 2 nitrogen and oxygen atoms in total. The molecule has 1 aliphatic carbocycles. The fraction of sp³-hybridized carbons (Fsp3) is 0.533. The summed E-state index contributed by atoms with van der Waals surface area (Å²) in [6.07, 6.45) is 3.79. The van der Waals surface area contributed by atoms with E-state index in [1.54, 1.807) is 0 Å². The molecule has 0 heterocycles. The van der Waals surface area contributed by atoms with E-state index in [4.69, 9.17) is 18.0 Å². The Morgan fingerprint density at radius 3 is 2.95 bits per heavy atom. The maximum atomic E-state index is 5.80. The lowest BCUT2D eigenvalue weighted by Gasteiger charge is -2.18. The molecule has 1 aliphatic rings. The number of thioether (sulfide) groups is 1. The van der Waals surface area contributed by atoms with Crippen LogP contribution in [-0.4, -0.2) is 22.0 Å². The maximum Gasteiger partial charge on any atom is 0.106 e. The van der Waals surface area contributed by atoms with Crippen LogP contribution in [0.2, 0.25) is 0 Å². The summed E-state index contributed by atoms with van der Waals surface area (Å²) in [7, 11) is 0. The Morgan fingerprint density at radius 1 is 1.47 bits per heavy atom. The van der Waals surface area contributed by atoms with Crippen LogP contribution in [0, 0.1) is 6.92 Å². The number of aryl methyl sites for hydroxylation is 1. The quantitative estimate of drug-likeness (QED) is 0.812. The van der Waals surface area contributed by atoms with Crippen LogP contribution < -0.4 is 11.1 Å². The van der Waals surface area contributed by atoms with Gasteiger partial charge in [-0.05, 0) is 49.6 Å². The van der Waals surface area contributed by atoms with Gasteiger partial charge >= 0.3 is 0 Å². The molecule has 1 fully saturated rings. The molecule has 1 aromatic rings. The summed E-state index contributed by atoms with van der Waals surface area (Å²) in [5.41, 5.74) is 9.10. The molecule has 0 spiro atoms. The molecule has 19 heavy (non-hydrogen) atoms. The molecule has 104 valence electrons. The molecule has 0 aliphatic heterocycles. The molecule has 1 aromatic carbocycles. The lowest BCUT2D eigenvalue weighted by atomic mass is 10.1. The Balaban J connectivity index is 2.07. The van der Waals surface area contributed by atoms with Crippen molar-refractivity contribution in [1.29, 1.82) is 0 Å². The molecule has 0 saturated heterocycles. The van der Waals surface area contributed by atoms with E-state index in [2.05, 4.69) is 43.1 Å². The highest BCUT2D eigenvalue weighted by molar-refractivity contribution is 7.99. The highest BCUT2D eigenvalue weighted by Crippen LogP contribution is 2.32. The second-order valence-electron chi connectivity index (χ2n) is 5.14. The Kier molecular flexibility index (Phi) is 5.11. The summed E-state index contributed by atoms with van der Waals surface area (Å²) in [4.78, 5) is 0.472. The first-order valence-corrected chi connectivity index (χ1v) is 8.34. The van der Waals surface area contributed by atoms with Crippen molar-refractivity contribution in [2.45, 2.75) is 44.4 Å². The van der Waals surface area contributed by atoms with Crippen molar-refractivity contribution >= 4 is 34.7 Å².